The van der Waals surface area contributed by atoms with Gasteiger partial charge in [0.25, 0.3) is 10.0 Å². The van der Waals surface area contributed by atoms with Gasteiger partial charge in [0.05, 0.1) is 16.1 Å². The van der Waals surface area contributed by atoms with Crippen LogP contribution in [0.25, 0.3) is 0 Å². The summed E-state index contributed by atoms with van der Waals surface area (Å²) < 4.78 is 27.3. The molecule has 0 aliphatic heterocycles. The third kappa shape index (κ3) is 4.48. The van der Waals surface area contributed by atoms with Crippen molar-refractivity contribution in [1.29, 1.82) is 0 Å². The molecule has 0 aliphatic carbocycles. The normalized spacial score (nSPS) is 10.8. The van der Waals surface area contributed by atoms with E-state index in [9.17, 15) is 18.0 Å². The predicted octanol–water partition coefficient (Wildman–Crippen LogP) is 2.25. The zero-order valence-electron chi connectivity index (χ0n) is 13.5. The van der Waals surface area contributed by atoms with E-state index in [0.717, 1.165) is 6.07 Å². The minimum atomic E-state index is -3.98. The average molecular weight is 363 g/mol. The van der Waals surface area contributed by atoms with E-state index in [2.05, 4.69) is 15.4 Å². The fraction of sp³-hybridized carbons (Fsp3) is 0.125. The zero-order chi connectivity index (χ0) is 18.6. The van der Waals surface area contributed by atoms with Gasteiger partial charge in [0.15, 0.2) is 0 Å². The summed E-state index contributed by atoms with van der Waals surface area (Å²) in [7, 11) is -2.52. The summed E-state index contributed by atoms with van der Waals surface area (Å²) in [5, 5.41) is 14.0. The maximum atomic E-state index is 12.5. The van der Waals surface area contributed by atoms with Crippen molar-refractivity contribution in [2.24, 2.45) is 0 Å². The molecule has 0 radical (unpaired) electrons. The first-order valence-electron chi connectivity index (χ1n) is 7.18. The van der Waals surface area contributed by atoms with Crippen molar-refractivity contribution >= 4 is 33.4 Å². The molecule has 0 atom stereocenters. The van der Waals surface area contributed by atoms with E-state index >= 15 is 0 Å². The molecule has 0 unspecified atom stereocenters. The van der Waals surface area contributed by atoms with Crippen LogP contribution in [0.1, 0.15) is 15.9 Å². The molecule has 4 N–H and O–H groups in total. The fourth-order valence-electron chi connectivity index (χ4n) is 2.07. The quantitative estimate of drug-likeness (QED) is 0.648. The molecule has 2 rings (SSSR count). The summed E-state index contributed by atoms with van der Waals surface area (Å²) in [4.78, 5) is 22.3. The number of carbonyl (C=O) groups excluding carboxylic acids is 1. The van der Waals surface area contributed by atoms with Gasteiger partial charge in [-0.2, -0.15) is 0 Å². The lowest BCUT2D eigenvalue weighted by molar-refractivity contribution is 0.0696. The number of benzene rings is 2. The number of hydrogen-bond acceptors (Lipinski definition) is 4. The van der Waals surface area contributed by atoms with Gasteiger partial charge in [-0.1, -0.05) is 12.1 Å². The molecule has 0 fully saturated rings. The number of carboxylic acid groups (broad SMARTS) is 1. The molecule has 0 aromatic heterocycles. The minimum absolute atomic E-state index is 0.0853. The van der Waals surface area contributed by atoms with E-state index in [1.807, 2.05) is 0 Å². The van der Waals surface area contributed by atoms with E-state index < -0.39 is 22.0 Å². The molecule has 2 amide bonds. The lowest BCUT2D eigenvalue weighted by atomic mass is 10.1. The Hall–Kier alpha value is -3.07. The van der Waals surface area contributed by atoms with Gasteiger partial charge in [0, 0.05) is 12.7 Å². The lowest BCUT2D eigenvalue weighted by Gasteiger charge is -2.11. The Bertz CT molecular complexity index is 925. The number of nitrogens with one attached hydrogen (secondary N) is 3. The van der Waals surface area contributed by atoms with Crippen molar-refractivity contribution in [3.63, 3.8) is 0 Å². The topological polar surface area (TPSA) is 125 Å². The standard InChI is InChI=1S/C16H17N3O5S/c1-10-6-7-13(9-14(10)15(20)21)25(23,24)19-12-5-3-4-11(8-12)18-16(22)17-2/h3-9,19H,1-2H3,(H,20,21)(H2,17,18,22). The van der Waals surface area contributed by atoms with Crippen LogP contribution in [0.15, 0.2) is 47.4 Å². The summed E-state index contributed by atoms with van der Waals surface area (Å²) in [5.74, 6) is -1.20. The first kappa shape index (κ1) is 18.3. The van der Waals surface area contributed by atoms with Gasteiger partial charge in [-0.25, -0.2) is 18.0 Å². The number of aromatic carboxylic acids is 1. The van der Waals surface area contributed by atoms with Crippen molar-refractivity contribution in [3.8, 4) is 0 Å². The highest BCUT2D eigenvalue weighted by molar-refractivity contribution is 7.92. The molecule has 0 spiro atoms. The van der Waals surface area contributed by atoms with E-state index in [1.54, 1.807) is 19.1 Å². The van der Waals surface area contributed by atoms with Gasteiger partial charge >= 0.3 is 12.0 Å². The Labute approximate surface area is 144 Å². The van der Waals surface area contributed by atoms with Crippen LogP contribution in [-0.4, -0.2) is 32.6 Å². The summed E-state index contributed by atoms with van der Waals surface area (Å²) in [5.41, 5.74) is 1.00. The van der Waals surface area contributed by atoms with E-state index in [4.69, 9.17) is 5.11 Å². The number of hydrogen-bond donors (Lipinski definition) is 4. The Morgan fingerprint density at radius 2 is 1.72 bits per heavy atom. The third-order valence-electron chi connectivity index (χ3n) is 3.35. The second-order valence-electron chi connectivity index (χ2n) is 5.17. The molecule has 2 aromatic rings. The van der Waals surface area contributed by atoms with Crippen molar-refractivity contribution < 1.29 is 23.1 Å². The lowest BCUT2D eigenvalue weighted by Crippen LogP contribution is -2.24. The molecule has 0 bridgehead atoms. The third-order valence-corrected chi connectivity index (χ3v) is 4.73. The van der Waals surface area contributed by atoms with Crippen LogP contribution in [0.2, 0.25) is 0 Å². The number of carbonyl (C=O) groups is 2. The molecule has 25 heavy (non-hydrogen) atoms. The van der Waals surface area contributed by atoms with Crippen molar-refractivity contribution in [3.05, 3.63) is 53.6 Å². The van der Waals surface area contributed by atoms with Gasteiger partial charge in [-0.3, -0.25) is 4.72 Å². The molecule has 0 saturated carbocycles. The Kier molecular flexibility index (Phi) is 5.28. The Morgan fingerprint density at radius 3 is 2.36 bits per heavy atom. The van der Waals surface area contributed by atoms with Crippen LogP contribution in [0.4, 0.5) is 16.2 Å². The molecule has 132 valence electrons. The summed E-state index contributed by atoms with van der Waals surface area (Å²) in [6.45, 7) is 1.58. The maximum absolute atomic E-state index is 12.5. The van der Waals surface area contributed by atoms with E-state index in [0.29, 0.717) is 11.3 Å². The number of amides is 2. The number of aryl methyl sites for hydroxylation is 1. The minimum Gasteiger partial charge on any atom is -0.478 e. The van der Waals surface area contributed by atoms with Crippen LogP contribution in [0.5, 0.6) is 0 Å². The van der Waals surface area contributed by atoms with E-state index in [1.165, 1.54) is 31.3 Å². The van der Waals surface area contributed by atoms with Crippen LogP contribution in [0.3, 0.4) is 0 Å². The van der Waals surface area contributed by atoms with Gasteiger partial charge < -0.3 is 15.7 Å². The highest BCUT2D eigenvalue weighted by Gasteiger charge is 2.18. The van der Waals surface area contributed by atoms with Crippen molar-refractivity contribution in [2.45, 2.75) is 11.8 Å². The van der Waals surface area contributed by atoms with Gasteiger partial charge in [-0.05, 0) is 42.8 Å². The number of anilines is 2. The maximum Gasteiger partial charge on any atom is 0.335 e. The molecular formula is C16H17N3O5S. The number of rotatable bonds is 5. The summed E-state index contributed by atoms with van der Waals surface area (Å²) >= 11 is 0. The summed E-state index contributed by atoms with van der Waals surface area (Å²) in [6.07, 6.45) is 0. The Balaban J connectivity index is 2.30. The second-order valence-corrected chi connectivity index (χ2v) is 6.85. The molecular weight excluding hydrogens is 346 g/mol. The predicted molar refractivity (Wildman–Crippen MR) is 93.5 cm³/mol. The molecule has 0 saturated heterocycles. The van der Waals surface area contributed by atoms with Gasteiger partial charge in [0.1, 0.15) is 0 Å². The Morgan fingerprint density at radius 1 is 1.04 bits per heavy atom. The average Bonchev–Trinajstić information content (AvgIpc) is 2.54. The molecule has 2 aromatic carbocycles. The molecule has 9 heteroatoms. The van der Waals surface area contributed by atoms with Gasteiger partial charge in [0.2, 0.25) is 0 Å². The van der Waals surface area contributed by atoms with Crippen LogP contribution < -0.4 is 15.4 Å². The molecule has 8 nitrogen and oxygen atoms in total. The molecule has 0 heterocycles. The monoisotopic (exact) mass is 363 g/mol. The van der Waals surface area contributed by atoms with Crippen LogP contribution in [0, 0.1) is 6.92 Å². The van der Waals surface area contributed by atoms with Crippen molar-refractivity contribution in [1.82, 2.24) is 5.32 Å². The van der Waals surface area contributed by atoms with Crippen LogP contribution >= 0.6 is 0 Å². The number of carboxylic acids is 1. The van der Waals surface area contributed by atoms with Gasteiger partial charge in [-0.15, -0.1) is 0 Å². The smallest absolute Gasteiger partial charge is 0.335 e. The number of sulfonamides is 1. The van der Waals surface area contributed by atoms with Crippen LogP contribution in [-0.2, 0) is 10.0 Å². The fourth-order valence-corrected chi connectivity index (χ4v) is 3.14. The number of urea groups is 1. The first-order chi connectivity index (χ1) is 11.7. The zero-order valence-corrected chi connectivity index (χ0v) is 14.3. The largest absolute Gasteiger partial charge is 0.478 e. The second kappa shape index (κ2) is 7.22. The molecule has 0 aliphatic rings. The first-order valence-corrected chi connectivity index (χ1v) is 8.67. The highest BCUT2D eigenvalue weighted by Crippen LogP contribution is 2.21. The summed E-state index contributed by atoms with van der Waals surface area (Å²) in [6, 6.07) is 9.55. The SMILES string of the molecule is CNC(=O)Nc1cccc(NS(=O)(=O)c2ccc(C)c(C(=O)O)c2)c1. The highest BCUT2D eigenvalue weighted by atomic mass is 32.2. The van der Waals surface area contributed by atoms with E-state index in [-0.39, 0.29) is 16.1 Å². The van der Waals surface area contributed by atoms with Crippen molar-refractivity contribution in [2.75, 3.05) is 17.1 Å².